The van der Waals surface area contributed by atoms with Gasteiger partial charge in [0, 0.05) is 24.7 Å². The molecule has 0 radical (unpaired) electrons. The van der Waals surface area contributed by atoms with E-state index in [4.69, 9.17) is 0 Å². The number of halogens is 2. The molecule has 0 aliphatic heterocycles. The fourth-order valence-corrected chi connectivity index (χ4v) is 2.55. The Morgan fingerprint density at radius 1 is 1.04 bits per heavy atom. The Balaban J connectivity index is 1.94. The summed E-state index contributed by atoms with van der Waals surface area (Å²) < 4.78 is 26.4. The van der Waals surface area contributed by atoms with E-state index in [0.717, 1.165) is 35.7 Å². The number of carbonyl (C=O) groups excluding carboxylic acids is 1. The van der Waals surface area contributed by atoms with Gasteiger partial charge in [-0.3, -0.25) is 4.79 Å². The van der Waals surface area contributed by atoms with E-state index in [1.165, 1.54) is 12.1 Å². The van der Waals surface area contributed by atoms with Gasteiger partial charge in [0.2, 0.25) is 5.91 Å². The molecule has 0 aliphatic carbocycles. The lowest BCUT2D eigenvalue weighted by molar-refractivity contribution is -0.116. The molecule has 0 unspecified atom stereocenters. The number of hydrogen-bond donors (Lipinski definition) is 2. The van der Waals surface area contributed by atoms with E-state index in [-0.39, 0.29) is 24.6 Å². The van der Waals surface area contributed by atoms with Crippen molar-refractivity contribution >= 4 is 17.3 Å². The van der Waals surface area contributed by atoms with Crippen LogP contribution >= 0.6 is 0 Å². The molecule has 2 N–H and O–H groups in total. The summed E-state index contributed by atoms with van der Waals surface area (Å²) in [6.07, 6.45) is 1.86. The van der Waals surface area contributed by atoms with Gasteiger partial charge >= 0.3 is 0 Å². The van der Waals surface area contributed by atoms with Crippen LogP contribution in [0.3, 0.4) is 0 Å². The van der Waals surface area contributed by atoms with Crippen LogP contribution in [0.1, 0.15) is 31.4 Å². The second-order valence-electron chi connectivity index (χ2n) is 5.51. The lowest BCUT2D eigenvalue weighted by Crippen LogP contribution is -2.18. The third-order valence-corrected chi connectivity index (χ3v) is 3.86. The third kappa shape index (κ3) is 4.54. The molecule has 0 heterocycles. The first-order valence-corrected chi connectivity index (χ1v) is 8.14. The van der Waals surface area contributed by atoms with Crippen LogP contribution in [0, 0.1) is 11.6 Å². The van der Waals surface area contributed by atoms with Crippen LogP contribution in [0.2, 0.25) is 0 Å². The molecule has 0 atom stereocenters. The Kier molecular flexibility index (Phi) is 6.29. The molecule has 1 amide bonds. The number of aryl methyl sites for hydroxylation is 2. The first-order chi connectivity index (χ1) is 11.5. The van der Waals surface area contributed by atoms with Gasteiger partial charge in [0.25, 0.3) is 0 Å². The second kappa shape index (κ2) is 8.43. The van der Waals surface area contributed by atoms with Crippen molar-refractivity contribution in [2.24, 2.45) is 0 Å². The van der Waals surface area contributed by atoms with Gasteiger partial charge in [0.15, 0.2) is 0 Å². The summed E-state index contributed by atoms with van der Waals surface area (Å²) in [5.74, 6) is -1.43. The maximum atomic E-state index is 13.5. The van der Waals surface area contributed by atoms with Gasteiger partial charge in [-0.25, -0.2) is 8.78 Å². The molecule has 0 aliphatic rings. The second-order valence-corrected chi connectivity index (χ2v) is 5.51. The molecule has 0 saturated heterocycles. The maximum Gasteiger partial charge on any atom is 0.226 e. The largest absolute Gasteiger partial charge is 0.382 e. The molecule has 2 rings (SSSR count). The Bertz CT molecular complexity index is 694. The highest BCUT2D eigenvalue weighted by Crippen LogP contribution is 2.22. The maximum absolute atomic E-state index is 13.5. The van der Waals surface area contributed by atoms with Gasteiger partial charge in [-0.1, -0.05) is 32.0 Å². The van der Waals surface area contributed by atoms with E-state index in [1.54, 1.807) is 0 Å². The summed E-state index contributed by atoms with van der Waals surface area (Å²) in [6, 6.07) is 9.31. The highest BCUT2D eigenvalue weighted by molar-refractivity contribution is 5.92. The Labute approximate surface area is 141 Å². The zero-order chi connectivity index (χ0) is 17.5. The standard InChI is InChI=1S/C19H22F2N2O/c1-3-13-6-5-7-14(4-2)19(13)23-18(24)10-11-22-17-9-8-15(20)12-16(17)21/h5-9,12,22H,3-4,10-11H2,1-2H3,(H,23,24). The third-order valence-electron chi connectivity index (χ3n) is 3.86. The Morgan fingerprint density at radius 3 is 2.29 bits per heavy atom. The molecule has 5 heteroatoms. The van der Waals surface area contributed by atoms with E-state index in [1.807, 2.05) is 32.0 Å². The fraction of sp³-hybridized carbons (Fsp3) is 0.316. The van der Waals surface area contributed by atoms with Crippen LogP contribution < -0.4 is 10.6 Å². The lowest BCUT2D eigenvalue weighted by Gasteiger charge is -2.14. The van der Waals surface area contributed by atoms with Gasteiger partial charge in [-0.2, -0.15) is 0 Å². The molecule has 3 nitrogen and oxygen atoms in total. The van der Waals surface area contributed by atoms with Crippen molar-refractivity contribution in [2.45, 2.75) is 33.1 Å². The van der Waals surface area contributed by atoms with Crippen molar-refractivity contribution in [3.8, 4) is 0 Å². The first-order valence-electron chi connectivity index (χ1n) is 8.14. The molecule has 0 saturated carbocycles. The molecule has 0 fully saturated rings. The number of benzene rings is 2. The minimum Gasteiger partial charge on any atom is -0.382 e. The minimum atomic E-state index is -0.667. The molecule has 2 aromatic carbocycles. The zero-order valence-electron chi connectivity index (χ0n) is 14.0. The smallest absolute Gasteiger partial charge is 0.226 e. The number of hydrogen-bond acceptors (Lipinski definition) is 2. The summed E-state index contributed by atoms with van der Waals surface area (Å²) in [4.78, 5) is 12.2. The van der Waals surface area contributed by atoms with E-state index in [9.17, 15) is 13.6 Å². The SMILES string of the molecule is CCc1cccc(CC)c1NC(=O)CCNc1ccc(F)cc1F. The molecular weight excluding hydrogens is 310 g/mol. The number of carbonyl (C=O) groups is 1. The summed E-state index contributed by atoms with van der Waals surface area (Å²) in [7, 11) is 0. The molecule has 128 valence electrons. The monoisotopic (exact) mass is 332 g/mol. The van der Waals surface area contributed by atoms with Crippen LogP contribution in [0.5, 0.6) is 0 Å². The van der Waals surface area contributed by atoms with E-state index >= 15 is 0 Å². The molecule has 0 spiro atoms. The van der Waals surface area contributed by atoms with Gasteiger partial charge in [-0.15, -0.1) is 0 Å². The van der Waals surface area contributed by atoms with Crippen LogP contribution in [0.4, 0.5) is 20.2 Å². The predicted octanol–water partition coefficient (Wildman–Crippen LogP) is 4.53. The lowest BCUT2D eigenvalue weighted by atomic mass is 10.0. The zero-order valence-corrected chi connectivity index (χ0v) is 14.0. The Morgan fingerprint density at radius 2 is 1.71 bits per heavy atom. The molecule has 2 aromatic rings. The van der Waals surface area contributed by atoms with E-state index < -0.39 is 11.6 Å². The summed E-state index contributed by atoms with van der Waals surface area (Å²) in [5.41, 5.74) is 3.26. The fourth-order valence-electron chi connectivity index (χ4n) is 2.55. The van der Waals surface area contributed by atoms with Gasteiger partial charge in [0.05, 0.1) is 5.69 Å². The highest BCUT2D eigenvalue weighted by Gasteiger charge is 2.10. The first kappa shape index (κ1) is 17.9. The van der Waals surface area contributed by atoms with Gasteiger partial charge < -0.3 is 10.6 Å². The number of anilines is 2. The highest BCUT2D eigenvalue weighted by atomic mass is 19.1. The van der Waals surface area contributed by atoms with Crippen molar-refractivity contribution in [1.82, 2.24) is 0 Å². The quantitative estimate of drug-likeness (QED) is 0.782. The van der Waals surface area contributed by atoms with Crippen molar-refractivity contribution in [3.05, 3.63) is 59.2 Å². The minimum absolute atomic E-state index is 0.138. The number of nitrogens with one attached hydrogen (secondary N) is 2. The summed E-state index contributed by atoms with van der Waals surface area (Å²) in [6.45, 7) is 4.36. The predicted molar refractivity (Wildman–Crippen MR) is 93.3 cm³/mol. The van der Waals surface area contributed by atoms with Crippen molar-refractivity contribution in [2.75, 3.05) is 17.2 Å². The normalized spacial score (nSPS) is 10.5. The van der Waals surface area contributed by atoms with Crippen LogP contribution in [-0.2, 0) is 17.6 Å². The van der Waals surface area contributed by atoms with E-state index in [2.05, 4.69) is 10.6 Å². The van der Waals surface area contributed by atoms with Crippen LogP contribution in [0.15, 0.2) is 36.4 Å². The summed E-state index contributed by atoms with van der Waals surface area (Å²) in [5, 5.41) is 5.77. The van der Waals surface area contributed by atoms with Crippen molar-refractivity contribution in [1.29, 1.82) is 0 Å². The number of para-hydroxylation sites is 1. The van der Waals surface area contributed by atoms with Crippen molar-refractivity contribution in [3.63, 3.8) is 0 Å². The molecule has 0 bridgehead atoms. The van der Waals surface area contributed by atoms with Crippen molar-refractivity contribution < 1.29 is 13.6 Å². The molecule has 24 heavy (non-hydrogen) atoms. The number of rotatable bonds is 7. The van der Waals surface area contributed by atoms with Crippen LogP contribution in [0.25, 0.3) is 0 Å². The van der Waals surface area contributed by atoms with Gasteiger partial charge in [-0.05, 0) is 36.1 Å². The van der Waals surface area contributed by atoms with Crippen LogP contribution in [-0.4, -0.2) is 12.5 Å². The topological polar surface area (TPSA) is 41.1 Å². The molecular formula is C19H22F2N2O. The average Bonchev–Trinajstić information content (AvgIpc) is 2.57. The van der Waals surface area contributed by atoms with Gasteiger partial charge in [0.1, 0.15) is 11.6 Å². The van der Waals surface area contributed by atoms with E-state index in [0.29, 0.717) is 0 Å². The molecule has 0 aromatic heterocycles. The number of amides is 1. The Hall–Kier alpha value is -2.43. The average molecular weight is 332 g/mol. The summed E-state index contributed by atoms with van der Waals surface area (Å²) >= 11 is 0.